The summed E-state index contributed by atoms with van der Waals surface area (Å²) in [7, 11) is 0. The second-order valence-electron chi connectivity index (χ2n) is 7.64. The minimum atomic E-state index is 0.0378. The number of nitrogens with zero attached hydrogens (tertiary/aromatic N) is 1. The summed E-state index contributed by atoms with van der Waals surface area (Å²) in [6.45, 7) is 2.74. The molecule has 0 fully saturated rings. The molecule has 0 saturated heterocycles. The number of nitriles is 1. The Morgan fingerprint density at radius 2 is 1.68 bits per heavy atom. The van der Waals surface area contributed by atoms with Crippen molar-refractivity contribution in [3.8, 4) is 6.07 Å². The Labute approximate surface area is 185 Å². The molecule has 0 aliphatic rings. The van der Waals surface area contributed by atoms with Crippen molar-refractivity contribution in [1.29, 1.82) is 5.26 Å². The fraction of sp³-hybridized carbons (Fsp3) is 0.214. The first kappa shape index (κ1) is 22.1. The summed E-state index contributed by atoms with van der Waals surface area (Å²) in [6.07, 6.45) is 4.54. The highest BCUT2D eigenvalue weighted by molar-refractivity contribution is 5.82. The summed E-state index contributed by atoms with van der Waals surface area (Å²) >= 11 is 0. The van der Waals surface area contributed by atoms with Gasteiger partial charge >= 0.3 is 0 Å². The SMILES string of the molecule is Cc1ccccc1CCNC(=O)Cc1ccc(/C=C(\CCC#N)c2ccccc2)cc1. The van der Waals surface area contributed by atoms with Gasteiger partial charge in [-0.05, 0) is 53.2 Å². The molecule has 0 aromatic heterocycles. The van der Waals surface area contributed by atoms with Gasteiger partial charge < -0.3 is 5.32 Å². The molecule has 0 spiro atoms. The number of aryl methyl sites for hydroxylation is 1. The van der Waals surface area contributed by atoms with Crippen LogP contribution in [0.4, 0.5) is 0 Å². The van der Waals surface area contributed by atoms with Crippen molar-refractivity contribution in [2.75, 3.05) is 6.54 Å². The van der Waals surface area contributed by atoms with Gasteiger partial charge in [-0.25, -0.2) is 0 Å². The Morgan fingerprint density at radius 1 is 0.968 bits per heavy atom. The van der Waals surface area contributed by atoms with E-state index >= 15 is 0 Å². The van der Waals surface area contributed by atoms with Gasteiger partial charge in [-0.3, -0.25) is 4.79 Å². The van der Waals surface area contributed by atoms with E-state index in [0.29, 0.717) is 25.8 Å². The maximum atomic E-state index is 12.3. The number of carbonyl (C=O) groups is 1. The number of amides is 1. The molecular weight excluding hydrogens is 380 g/mol. The van der Waals surface area contributed by atoms with E-state index in [1.807, 2.05) is 54.6 Å². The Bertz CT molecular complexity index is 1060. The van der Waals surface area contributed by atoms with Crippen LogP contribution < -0.4 is 5.32 Å². The summed E-state index contributed by atoms with van der Waals surface area (Å²) < 4.78 is 0. The van der Waals surface area contributed by atoms with E-state index < -0.39 is 0 Å². The third-order valence-electron chi connectivity index (χ3n) is 5.31. The molecule has 0 saturated carbocycles. The first-order valence-corrected chi connectivity index (χ1v) is 10.7. The number of hydrogen-bond acceptors (Lipinski definition) is 2. The maximum Gasteiger partial charge on any atom is 0.224 e. The van der Waals surface area contributed by atoms with Gasteiger partial charge in [0.1, 0.15) is 0 Å². The molecule has 3 nitrogen and oxygen atoms in total. The van der Waals surface area contributed by atoms with Gasteiger partial charge in [0, 0.05) is 13.0 Å². The minimum Gasteiger partial charge on any atom is -0.355 e. The molecule has 3 rings (SSSR count). The lowest BCUT2D eigenvalue weighted by molar-refractivity contribution is -0.120. The number of allylic oxidation sites excluding steroid dienone is 1. The molecule has 156 valence electrons. The Hall–Kier alpha value is -3.64. The van der Waals surface area contributed by atoms with Crippen LogP contribution in [0, 0.1) is 18.3 Å². The summed E-state index contributed by atoms with van der Waals surface area (Å²) in [5.74, 6) is 0.0378. The van der Waals surface area contributed by atoms with Crippen LogP contribution >= 0.6 is 0 Å². The van der Waals surface area contributed by atoms with E-state index in [1.54, 1.807) is 0 Å². The molecule has 0 aliphatic heterocycles. The third kappa shape index (κ3) is 6.97. The van der Waals surface area contributed by atoms with Gasteiger partial charge in [0.05, 0.1) is 12.5 Å². The van der Waals surface area contributed by atoms with Crippen LogP contribution in [0.25, 0.3) is 11.6 Å². The summed E-state index contributed by atoms with van der Waals surface area (Å²) in [4.78, 5) is 12.3. The quantitative estimate of drug-likeness (QED) is 0.459. The number of benzene rings is 3. The van der Waals surface area contributed by atoms with Gasteiger partial charge in [-0.1, -0.05) is 84.9 Å². The van der Waals surface area contributed by atoms with Crippen LogP contribution in [0.2, 0.25) is 0 Å². The standard InChI is InChI=1S/C28H28N2O/c1-22-8-5-6-9-25(22)17-19-30-28(31)21-24-15-13-23(14-16-24)20-27(12-7-18-29)26-10-3-2-4-11-26/h2-6,8-11,13-16,20H,7,12,17,19,21H2,1H3,(H,30,31)/b27-20+. The highest BCUT2D eigenvalue weighted by Crippen LogP contribution is 2.23. The largest absolute Gasteiger partial charge is 0.355 e. The molecule has 1 N–H and O–H groups in total. The first-order chi connectivity index (χ1) is 15.2. The highest BCUT2D eigenvalue weighted by atomic mass is 16.1. The van der Waals surface area contributed by atoms with Crippen LogP contribution in [0.1, 0.15) is 40.7 Å². The Balaban J connectivity index is 1.57. The van der Waals surface area contributed by atoms with E-state index in [0.717, 1.165) is 28.7 Å². The molecule has 1 amide bonds. The third-order valence-corrected chi connectivity index (χ3v) is 5.31. The normalized spacial score (nSPS) is 11.0. The fourth-order valence-corrected chi connectivity index (χ4v) is 3.55. The van der Waals surface area contributed by atoms with E-state index in [4.69, 9.17) is 5.26 Å². The maximum absolute atomic E-state index is 12.3. The Morgan fingerprint density at radius 3 is 2.39 bits per heavy atom. The van der Waals surface area contributed by atoms with E-state index in [9.17, 15) is 4.79 Å². The van der Waals surface area contributed by atoms with E-state index in [2.05, 4.69) is 48.7 Å². The molecule has 0 heterocycles. The fourth-order valence-electron chi connectivity index (χ4n) is 3.55. The van der Waals surface area contributed by atoms with Crippen molar-refractivity contribution < 1.29 is 4.79 Å². The average Bonchev–Trinajstić information content (AvgIpc) is 2.79. The summed E-state index contributed by atoms with van der Waals surface area (Å²) in [5.41, 5.74) is 6.86. The van der Waals surface area contributed by atoms with E-state index in [-0.39, 0.29) is 5.91 Å². The van der Waals surface area contributed by atoms with Crippen LogP contribution in [-0.4, -0.2) is 12.5 Å². The number of hydrogen-bond donors (Lipinski definition) is 1. The predicted molar refractivity (Wildman–Crippen MR) is 127 cm³/mol. The van der Waals surface area contributed by atoms with Crippen LogP contribution in [0.5, 0.6) is 0 Å². The number of rotatable bonds is 9. The van der Waals surface area contributed by atoms with Gasteiger partial charge in [-0.2, -0.15) is 5.26 Å². The summed E-state index contributed by atoms with van der Waals surface area (Å²) in [6, 6.07) is 28.7. The zero-order valence-electron chi connectivity index (χ0n) is 18.0. The van der Waals surface area contributed by atoms with E-state index in [1.165, 1.54) is 11.1 Å². The Kier molecular flexibility index (Phi) is 8.20. The second-order valence-corrected chi connectivity index (χ2v) is 7.64. The van der Waals surface area contributed by atoms with Crippen molar-refractivity contribution >= 4 is 17.6 Å². The minimum absolute atomic E-state index is 0.0378. The molecule has 0 atom stereocenters. The van der Waals surface area contributed by atoms with Crippen molar-refractivity contribution in [1.82, 2.24) is 5.32 Å². The van der Waals surface area contributed by atoms with Crippen LogP contribution in [-0.2, 0) is 17.6 Å². The smallest absolute Gasteiger partial charge is 0.224 e. The number of nitrogens with one attached hydrogen (secondary N) is 1. The first-order valence-electron chi connectivity index (χ1n) is 10.7. The highest BCUT2D eigenvalue weighted by Gasteiger charge is 2.05. The molecule has 31 heavy (non-hydrogen) atoms. The zero-order chi connectivity index (χ0) is 21.9. The average molecular weight is 409 g/mol. The molecule has 0 unspecified atom stereocenters. The molecule has 0 radical (unpaired) electrons. The molecule has 0 aliphatic carbocycles. The molecule has 0 bridgehead atoms. The second kappa shape index (κ2) is 11.5. The molecule has 3 aromatic carbocycles. The van der Waals surface area contributed by atoms with Gasteiger partial charge in [0.25, 0.3) is 0 Å². The monoisotopic (exact) mass is 408 g/mol. The molecular formula is C28H28N2O. The van der Waals surface area contributed by atoms with Gasteiger partial charge in [-0.15, -0.1) is 0 Å². The predicted octanol–water partition coefficient (Wildman–Crippen LogP) is 5.74. The van der Waals surface area contributed by atoms with Crippen molar-refractivity contribution in [2.45, 2.75) is 32.6 Å². The topological polar surface area (TPSA) is 52.9 Å². The van der Waals surface area contributed by atoms with Gasteiger partial charge in [0.15, 0.2) is 0 Å². The summed E-state index contributed by atoms with van der Waals surface area (Å²) in [5, 5.41) is 12.0. The van der Waals surface area contributed by atoms with Crippen molar-refractivity contribution in [3.05, 3.63) is 107 Å². The lowest BCUT2D eigenvalue weighted by atomic mass is 9.98. The van der Waals surface area contributed by atoms with Gasteiger partial charge in [0.2, 0.25) is 5.91 Å². The van der Waals surface area contributed by atoms with Crippen LogP contribution in [0.15, 0.2) is 78.9 Å². The van der Waals surface area contributed by atoms with Crippen molar-refractivity contribution in [3.63, 3.8) is 0 Å². The van der Waals surface area contributed by atoms with Crippen molar-refractivity contribution in [2.24, 2.45) is 0 Å². The lowest BCUT2D eigenvalue weighted by Crippen LogP contribution is -2.27. The van der Waals surface area contributed by atoms with Crippen LogP contribution in [0.3, 0.4) is 0 Å². The lowest BCUT2D eigenvalue weighted by Gasteiger charge is -2.09. The number of carbonyl (C=O) groups excluding carboxylic acids is 1. The molecule has 3 aromatic rings. The zero-order valence-corrected chi connectivity index (χ0v) is 18.0. The molecule has 3 heteroatoms.